The van der Waals surface area contributed by atoms with Crippen molar-refractivity contribution in [2.75, 3.05) is 0 Å². The normalized spacial score (nSPS) is 12.3. The first-order valence-electron chi connectivity index (χ1n) is 7.11. The number of H-pyrrole nitrogens is 1. The van der Waals surface area contributed by atoms with Crippen LogP contribution in [0.4, 0.5) is 4.79 Å². The number of hydrogen-bond donors (Lipinski definition) is 3. The fourth-order valence-corrected chi connectivity index (χ4v) is 2.80. The van der Waals surface area contributed by atoms with Crippen LogP contribution in [-0.2, 0) is 0 Å². The van der Waals surface area contributed by atoms with E-state index in [1.165, 1.54) is 10.8 Å². The van der Waals surface area contributed by atoms with Crippen molar-refractivity contribution in [2.24, 2.45) is 0 Å². The quantitative estimate of drug-likeness (QED) is 0.673. The number of benzene rings is 1. The van der Waals surface area contributed by atoms with Crippen LogP contribution in [-0.4, -0.2) is 30.9 Å². The third-order valence-corrected chi connectivity index (χ3v) is 3.96. The maximum Gasteiger partial charge on any atom is 0.405 e. The van der Waals surface area contributed by atoms with Crippen LogP contribution in [0, 0.1) is 6.92 Å². The van der Waals surface area contributed by atoms with E-state index in [1.54, 1.807) is 32.0 Å². The first-order valence-corrected chi connectivity index (χ1v) is 7.49. The highest BCUT2D eigenvalue weighted by Gasteiger charge is 2.21. The molecular weight excluding hydrogens is 334 g/mol. The number of aryl methyl sites for hydroxylation is 1. The third-order valence-electron chi connectivity index (χ3n) is 3.64. The number of halogens is 1. The number of nitrogens with one attached hydrogen (secondary N) is 2. The molecule has 0 fully saturated rings. The molecule has 9 heteroatoms. The molecule has 3 rings (SSSR count). The molecule has 1 unspecified atom stereocenters. The maximum absolute atomic E-state index is 13.0. The van der Waals surface area contributed by atoms with Gasteiger partial charge in [0.15, 0.2) is 0 Å². The summed E-state index contributed by atoms with van der Waals surface area (Å²) in [6, 6.07) is 4.24. The minimum absolute atomic E-state index is 0.252. The molecule has 1 atom stereocenters. The summed E-state index contributed by atoms with van der Waals surface area (Å²) in [4.78, 5) is 28.5. The van der Waals surface area contributed by atoms with E-state index in [4.69, 9.17) is 16.7 Å². The number of fused-ring (bicyclic) bond motifs is 1. The summed E-state index contributed by atoms with van der Waals surface area (Å²) >= 11 is 6.17. The molecule has 124 valence electrons. The van der Waals surface area contributed by atoms with E-state index in [0.29, 0.717) is 16.9 Å². The lowest BCUT2D eigenvalue weighted by molar-refractivity contribution is 0.190. The van der Waals surface area contributed by atoms with Crippen LogP contribution in [0.15, 0.2) is 29.2 Å². The smallest absolute Gasteiger partial charge is 0.405 e. The number of amides is 1. The Labute approximate surface area is 141 Å². The zero-order chi connectivity index (χ0) is 17.4. The highest BCUT2D eigenvalue weighted by Crippen LogP contribution is 2.23. The average Bonchev–Trinajstić information content (AvgIpc) is 2.92. The van der Waals surface area contributed by atoms with Crippen LogP contribution < -0.4 is 10.9 Å². The lowest BCUT2D eigenvalue weighted by atomic mass is 10.2. The van der Waals surface area contributed by atoms with Gasteiger partial charge in [-0.3, -0.25) is 14.5 Å². The lowest BCUT2D eigenvalue weighted by Gasteiger charge is -2.18. The Kier molecular flexibility index (Phi) is 3.98. The molecule has 0 aliphatic heterocycles. The summed E-state index contributed by atoms with van der Waals surface area (Å²) in [5, 5.41) is 18.5. The molecule has 1 amide bonds. The number of aromatic amines is 1. The third kappa shape index (κ3) is 2.61. The largest absolute Gasteiger partial charge is 0.465 e. The summed E-state index contributed by atoms with van der Waals surface area (Å²) in [7, 11) is 0. The average molecular weight is 348 g/mol. The first-order chi connectivity index (χ1) is 11.4. The van der Waals surface area contributed by atoms with Crippen molar-refractivity contribution in [2.45, 2.75) is 19.9 Å². The Morgan fingerprint density at radius 1 is 1.46 bits per heavy atom. The zero-order valence-electron chi connectivity index (χ0n) is 12.9. The Hall–Kier alpha value is -2.87. The van der Waals surface area contributed by atoms with E-state index in [-0.39, 0.29) is 21.8 Å². The number of rotatable bonds is 3. The summed E-state index contributed by atoms with van der Waals surface area (Å²) in [6.45, 7) is 3.36. The Morgan fingerprint density at radius 2 is 2.21 bits per heavy atom. The highest BCUT2D eigenvalue weighted by atomic mass is 35.5. The van der Waals surface area contributed by atoms with Gasteiger partial charge in [-0.05, 0) is 26.0 Å². The van der Waals surface area contributed by atoms with Gasteiger partial charge in [-0.15, -0.1) is 0 Å². The van der Waals surface area contributed by atoms with E-state index >= 15 is 0 Å². The van der Waals surface area contributed by atoms with Crippen LogP contribution in [0.2, 0.25) is 5.02 Å². The van der Waals surface area contributed by atoms with Gasteiger partial charge in [0.1, 0.15) is 5.82 Å². The van der Waals surface area contributed by atoms with Crippen molar-refractivity contribution in [3.05, 3.63) is 51.3 Å². The van der Waals surface area contributed by atoms with Crippen molar-refractivity contribution in [3.63, 3.8) is 0 Å². The van der Waals surface area contributed by atoms with Crippen molar-refractivity contribution in [1.82, 2.24) is 25.1 Å². The van der Waals surface area contributed by atoms with Crippen LogP contribution in [0.1, 0.15) is 24.5 Å². The second-order valence-corrected chi connectivity index (χ2v) is 5.70. The number of carboxylic acid groups (broad SMARTS) is 1. The zero-order valence-corrected chi connectivity index (χ0v) is 13.6. The lowest BCUT2D eigenvalue weighted by Crippen LogP contribution is -2.32. The van der Waals surface area contributed by atoms with E-state index in [1.807, 2.05) is 0 Å². The fourth-order valence-electron chi connectivity index (χ4n) is 2.55. The van der Waals surface area contributed by atoms with E-state index < -0.39 is 12.1 Å². The fraction of sp³-hybridized carbons (Fsp3) is 0.200. The van der Waals surface area contributed by atoms with Gasteiger partial charge in [-0.2, -0.15) is 5.10 Å². The molecule has 2 aromatic heterocycles. The van der Waals surface area contributed by atoms with Crippen molar-refractivity contribution >= 4 is 28.6 Å². The maximum atomic E-state index is 13.0. The van der Waals surface area contributed by atoms with E-state index in [2.05, 4.69) is 20.5 Å². The number of nitrogens with zero attached hydrogens (tertiary/aromatic N) is 3. The number of aromatic nitrogens is 4. The molecule has 0 bridgehead atoms. The predicted molar refractivity (Wildman–Crippen MR) is 88.8 cm³/mol. The van der Waals surface area contributed by atoms with E-state index in [9.17, 15) is 9.59 Å². The Bertz CT molecular complexity index is 994. The first kappa shape index (κ1) is 16.0. The Balaban J connectivity index is 2.39. The van der Waals surface area contributed by atoms with Crippen LogP contribution >= 0.6 is 11.6 Å². The molecule has 3 N–H and O–H groups in total. The monoisotopic (exact) mass is 347 g/mol. The molecule has 8 nitrogen and oxygen atoms in total. The minimum atomic E-state index is -1.21. The molecule has 0 spiro atoms. The van der Waals surface area contributed by atoms with Gasteiger partial charge in [0.25, 0.3) is 5.56 Å². The van der Waals surface area contributed by atoms with Gasteiger partial charge < -0.3 is 10.4 Å². The van der Waals surface area contributed by atoms with Crippen molar-refractivity contribution < 1.29 is 9.90 Å². The molecule has 24 heavy (non-hydrogen) atoms. The highest BCUT2D eigenvalue weighted by molar-refractivity contribution is 6.35. The van der Waals surface area contributed by atoms with E-state index in [0.717, 1.165) is 0 Å². The molecule has 0 radical (unpaired) electrons. The van der Waals surface area contributed by atoms with Gasteiger partial charge in [0.2, 0.25) is 0 Å². The van der Waals surface area contributed by atoms with Gasteiger partial charge in [0, 0.05) is 0 Å². The van der Waals surface area contributed by atoms with Crippen molar-refractivity contribution in [3.8, 4) is 5.69 Å². The van der Waals surface area contributed by atoms with Gasteiger partial charge in [-0.25, -0.2) is 9.78 Å². The molecular formula is C15H14ClN5O3. The summed E-state index contributed by atoms with van der Waals surface area (Å²) in [5.41, 5.74) is 1.15. The standard InChI is InChI=1S/C15H14ClN5O3/c1-7-11(6-17-20-7)21-13(8(2)18-15(23)24)19-10-5-3-4-9(16)12(10)14(21)22/h3-6,8,18H,1-2H3,(H,17,20)(H,23,24). The molecule has 3 aromatic rings. The number of hydrogen-bond acceptors (Lipinski definition) is 4. The van der Waals surface area contributed by atoms with Gasteiger partial charge in [-0.1, -0.05) is 17.7 Å². The van der Waals surface area contributed by atoms with Crippen molar-refractivity contribution in [1.29, 1.82) is 0 Å². The SMILES string of the molecule is Cc1[nH]ncc1-n1c(C(C)NC(=O)O)nc2cccc(Cl)c2c1=O. The minimum Gasteiger partial charge on any atom is -0.465 e. The molecule has 0 aliphatic carbocycles. The molecule has 0 saturated heterocycles. The topological polar surface area (TPSA) is 113 Å². The predicted octanol–water partition coefficient (Wildman–Crippen LogP) is 2.40. The Morgan fingerprint density at radius 3 is 2.83 bits per heavy atom. The summed E-state index contributed by atoms with van der Waals surface area (Å²) < 4.78 is 1.33. The summed E-state index contributed by atoms with van der Waals surface area (Å²) in [5.74, 6) is 0.252. The second-order valence-electron chi connectivity index (χ2n) is 5.30. The van der Waals surface area contributed by atoms with Crippen LogP contribution in [0.3, 0.4) is 0 Å². The molecule has 1 aromatic carbocycles. The van der Waals surface area contributed by atoms with Crippen LogP contribution in [0.25, 0.3) is 16.6 Å². The van der Waals surface area contributed by atoms with Crippen LogP contribution in [0.5, 0.6) is 0 Å². The number of carbonyl (C=O) groups is 1. The summed E-state index contributed by atoms with van der Waals surface area (Å²) in [6.07, 6.45) is 0.274. The van der Waals surface area contributed by atoms with Gasteiger partial charge in [0.05, 0.1) is 39.5 Å². The second kappa shape index (κ2) is 5.97. The van der Waals surface area contributed by atoms with Gasteiger partial charge >= 0.3 is 6.09 Å². The molecule has 0 saturated carbocycles. The molecule has 2 heterocycles. The molecule has 0 aliphatic rings.